The molecule has 0 fully saturated rings. The van der Waals surface area contributed by atoms with Crippen LogP contribution in [0, 0.1) is 0 Å². The quantitative estimate of drug-likeness (QED) is 0.883. The largest absolute Gasteiger partial charge is 0.481 e. The number of carbonyl (C=O) groups is 2. The number of aryl methyl sites for hydroxylation is 1. The van der Waals surface area contributed by atoms with Crippen LogP contribution < -0.4 is 0 Å². The summed E-state index contributed by atoms with van der Waals surface area (Å²) in [7, 11) is 0. The Morgan fingerprint density at radius 2 is 1.84 bits per heavy atom. The maximum Gasteiger partial charge on any atom is 0.312 e. The van der Waals surface area contributed by atoms with Gasteiger partial charge in [0.05, 0.1) is 5.92 Å². The molecule has 2 aromatic rings. The predicted molar refractivity (Wildman–Crippen MR) is 96.6 cm³/mol. The van der Waals surface area contributed by atoms with Gasteiger partial charge in [0.2, 0.25) is 5.91 Å². The van der Waals surface area contributed by atoms with E-state index in [1.807, 2.05) is 48.5 Å². The predicted octanol–water partition coefficient (Wildman–Crippen LogP) is 3.87. The third-order valence-electron chi connectivity index (χ3n) is 4.61. The summed E-state index contributed by atoms with van der Waals surface area (Å²) in [5.74, 6) is -1.52. The van der Waals surface area contributed by atoms with Gasteiger partial charge in [0, 0.05) is 24.5 Å². The van der Waals surface area contributed by atoms with E-state index >= 15 is 0 Å². The zero-order valence-corrected chi connectivity index (χ0v) is 14.6. The lowest BCUT2D eigenvalue weighted by Crippen LogP contribution is -2.40. The van der Waals surface area contributed by atoms with Crippen LogP contribution in [-0.4, -0.2) is 28.4 Å². The Hall–Kier alpha value is -2.33. The minimum absolute atomic E-state index is 0.00900. The van der Waals surface area contributed by atoms with Gasteiger partial charge in [0.25, 0.3) is 0 Å². The number of rotatable bonds is 5. The third-order valence-corrected chi connectivity index (χ3v) is 4.87. The molecule has 130 valence electrons. The van der Waals surface area contributed by atoms with Gasteiger partial charge < -0.3 is 10.0 Å². The summed E-state index contributed by atoms with van der Waals surface area (Å²) >= 11 is 5.87. The molecule has 1 amide bonds. The molecule has 1 atom stereocenters. The van der Waals surface area contributed by atoms with Crippen LogP contribution in [0.4, 0.5) is 0 Å². The van der Waals surface area contributed by atoms with Crippen molar-refractivity contribution in [1.29, 1.82) is 0 Å². The molecule has 1 aliphatic rings. The third kappa shape index (κ3) is 4.20. The fraction of sp³-hybridized carbons (Fsp3) is 0.300. The summed E-state index contributed by atoms with van der Waals surface area (Å²) in [6.45, 7) is 0.728. The second kappa shape index (κ2) is 7.70. The first-order chi connectivity index (χ1) is 12.0. The number of carboxylic acids is 1. The van der Waals surface area contributed by atoms with Crippen LogP contribution in [0.1, 0.15) is 35.4 Å². The molecule has 3 rings (SSSR count). The van der Waals surface area contributed by atoms with Crippen LogP contribution in [-0.2, 0) is 22.6 Å². The first-order valence-corrected chi connectivity index (χ1v) is 8.75. The van der Waals surface area contributed by atoms with Crippen molar-refractivity contribution >= 4 is 23.5 Å². The minimum Gasteiger partial charge on any atom is -0.481 e. The van der Waals surface area contributed by atoms with Crippen molar-refractivity contribution in [3.8, 4) is 0 Å². The van der Waals surface area contributed by atoms with E-state index < -0.39 is 11.9 Å². The highest BCUT2D eigenvalue weighted by Crippen LogP contribution is 2.29. The van der Waals surface area contributed by atoms with E-state index in [4.69, 9.17) is 11.6 Å². The summed E-state index contributed by atoms with van der Waals surface area (Å²) in [6.07, 6.45) is 1.95. The number of aliphatic carboxylic acids is 1. The van der Waals surface area contributed by atoms with E-state index in [1.54, 1.807) is 4.90 Å². The highest BCUT2D eigenvalue weighted by atomic mass is 35.5. The Kier molecular flexibility index (Phi) is 5.39. The van der Waals surface area contributed by atoms with Gasteiger partial charge >= 0.3 is 5.97 Å². The van der Waals surface area contributed by atoms with E-state index in [0.717, 1.165) is 29.5 Å². The zero-order valence-electron chi connectivity index (χ0n) is 13.8. The Bertz CT molecular complexity index is 773. The van der Waals surface area contributed by atoms with Crippen molar-refractivity contribution in [2.24, 2.45) is 0 Å². The van der Waals surface area contributed by atoms with Gasteiger partial charge in [-0.1, -0.05) is 48.0 Å². The van der Waals surface area contributed by atoms with Crippen molar-refractivity contribution < 1.29 is 14.7 Å². The smallest absolute Gasteiger partial charge is 0.312 e. The lowest BCUT2D eigenvalue weighted by molar-refractivity contribution is -0.141. The van der Waals surface area contributed by atoms with Gasteiger partial charge in [-0.05, 0) is 41.7 Å². The maximum absolute atomic E-state index is 12.5. The Morgan fingerprint density at radius 3 is 2.56 bits per heavy atom. The first-order valence-electron chi connectivity index (χ1n) is 8.37. The van der Waals surface area contributed by atoms with Gasteiger partial charge in [-0.3, -0.25) is 9.59 Å². The number of hydrogen-bond acceptors (Lipinski definition) is 2. The van der Waals surface area contributed by atoms with E-state index in [0.29, 0.717) is 18.0 Å². The lowest BCUT2D eigenvalue weighted by atomic mass is 9.89. The molecular weight excluding hydrogens is 338 g/mol. The normalized spacial score (nSPS) is 16.4. The van der Waals surface area contributed by atoms with Gasteiger partial charge in [0.1, 0.15) is 0 Å². The summed E-state index contributed by atoms with van der Waals surface area (Å²) in [4.78, 5) is 25.8. The molecule has 0 aromatic heterocycles. The second-order valence-electron chi connectivity index (χ2n) is 6.34. The molecule has 0 saturated heterocycles. The van der Waals surface area contributed by atoms with Crippen LogP contribution >= 0.6 is 11.6 Å². The van der Waals surface area contributed by atoms with Crippen molar-refractivity contribution in [3.63, 3.8) is 0 Å². The molecule has 5 heteroatoms. The van der Waals surface area contributed by atoms with Gasteiger partial charge in [-0.15, -0.1) is 0 Å². The van der Waals surface area contributed by atoms with E-state index in [1.165, 1.54) is 0 Å². The summed E-state index contributed by atoms with van der Waals surface area (Å²) < 4.78 is 0. The molecule has 1 heterocycles. The van der Waals surface area contributed by atoms with Crippen molar-refractivity contribution in [2.75, 3.05) is 6.54 Å². The molecule has 0 aliphatic carbocycles. The zero-order chi connectivity index (χ0) is 17.8. The fourth-order valence-electron chi connectivity index (χ4n) is 3.26. The van der Waals surface area contributed by atoms with Gasteiger partial charge in [-0.2, -0.15) is 0 Å². The van der Waals surface area contributed by atoms with E-state index in [9.17, 15) is 14.7 Å². The maximum atomic E-state index is 12.5. The van der Waals surface area contributed by atoms with Crippen LogP contribution in [0.2, 0.25) is 5.02 Å². The second-order valence-corrected chi connectivity index (χ2v) is 6.78. The standard InChI is InChI=1S/C20H20ClNO3/c21-16-10-8-14(9-11-16)4-3-7-19(23)22-12-15-5-1-2-6-17(15)18(13-22)20(24)25/h1-2,5-6,8-11,18H,3-4,7,12-13H2,(H,24,25). The number of benzene rings is 2. The average Bonchev–Trinajstić information content (AvgIpc) is 2.62. The molecule has 4 nitrogen and oxygen atoms in total. The Balaban J connectivity index is 1.61. The van der Waals surface area contributed by atoms with Crippen LogP contribution in [0.5, 0.6) is 0 Å². The van der Waals surface area contributed by atoms with Crippen molar-refractivity contribution in [2.45, 2.75) is 31.7 Å². The van der Waals surface area contributed by atoms with Gasteiger partial charge in [0.15, 0.2) is 0 Å². The Morgan fingerprint density at radius 1 is 1.12 bits per heavy atom. The SMILES string of the molecule is O=C(O)C1CN(C(=O)CCCc2ccc(Cl)cc2)Cc2ccccc21. The molecule has 1 N–H and O–H groups in total. The first kappa shape index (κ1) is 17.5. The number of carbonyl (C=O) groups excluding carboxylic acids is 1. The highest BCUT2D eigenvalue weighted by Gasteiger charge is 2.31. The molecule has 0 spiro atoms. The summed E-state index contributed by atoms with van der Waals surface area (Å²) in [5.41, 5.74) is 2.89. The van der Waals surface area contributed by atoms with Crippen molar-refractivity contribution in [3.05, 3.63) is 70.2 Å². The molecular formula is C20H20ClNO3. The van der Waals surface area contributed by atoms with Crippen LogP contribution in [0.3, 0.4) is 0 Å². The number of halogens is 1. The fourth-order valence-corrected chi connectivity index (χ4v) is 3.39. The number of fused-ring (bicyclic) bond motifs is 1. The molecule has 0 radical (unpaired) electrons. The van der Waals surface area contributed by atoms with Crippen LogP contribution in [0.15, 0.2) is 48.5 Å². The topological polar surface area (TPSA) is 57.6 Å². The molecule has 0 bridgehead atoms. The average molecular weight is 358 g/mol. The number of carboxylic acid groups (broad SMARTS) is 1. The number of hydrogen-bond donors (Lipinski definition) is 1. The molecule has 0 saturated carbocycles. The van der Waals surface area contributed by atoms with Crippen LogP contribution in [0.25, 0.3) is 0 Å². The van der Waals surface area contributed by atoms with E-state index in [2.05, 4.69) is 0 Å². The Labute approximate surface area is 152 Å². The van der Waals surface area contributed by atoms with E-state index in [-0.39, 0.29) is 12.5 Å². The lowest BCUT2D eigenvalue weighted by Gasteiger charge is -2.33. The highest BCUT2D eigenvalue weighted by molar-refractivity contribution is 6.30. The van der Waals surface area contributed by atoms with Gasteiger partial charge in [-0.25, -0.2) is 0 Å². The minimum atomic E-state index is -0.883. The molecule has 1 aliphatic heterocycles. The molecule has 25 heavy (non-hydrogen) atoms. The molecule has 2 aromatic carbocycles. The van der Waals surface area contributed by atoms with Crippen molar-refractivity contribution in [1.82, 2.24) is 4.90 Å². The number of nitrogens with zero attached hydrogens (tertiary/aromatic N) is 1. The number of amides is 1. The summed E-state index contributed by atoms with van der Waals surface area (Å²) in [5, 5.41) is 10.2. The summed E-state index contributed by atoms with van der Waals surface area (Å²) in [6, 6.07) is 15.1. The molecule has 1 unspecified atom stereocenters. The monoisotopic (exact) mass is 357 g/mol.